The Morgan fingerprint density at radius 1 is 1.00 bits per heavy atom. The molecule has 0 atom stereocenters. The van der Waals surface area contributed by atoms with E-state index in [9.17, 15) is 18.0 Å². The Labute approximate surface area is 101 Å². The lowest BCUT2D eigenvalue weighted by Gasteiger charge is -2.10. The van der Waals surface area contributed by atoms with Crippen molar-refractivity contribution in [3.05, 3.63) is 64.1 Å². The third-order valence-corrected chi connectivity index (χ3v) is 2.55. The number of aryl methyl sites for hydroxylation is 1. The molecule has 1 aromatic heterocycles. The van der Waals surface area contributed by atoms with Gasteiger partial charge in [-0.3, -0.25) is 9.36 Å². The van der Waals surface area contributed by atoms with E-state index in [-0.39, 0.29) is 0 Å². The zero-order valence-corrected chi connectivity index (χ0v) is 9.53. The molecule has 0 aliphatic heterocycles. The van der Waals surface area contributed by atoms with E-state index >= 15 is 0 Å². The minimum Gasteiger partial charge on any atom is -0.284 e. The Balaban J connectivity index is 2.57. The average Bonchev–Trinajstić information content (AvgIpc) is 2.29. The van der Waals surface area contributed by atoms with Crippen LogP contribution >= 0.6 is 0 Å². The normalized spacial score (nSPS) is 11.6. The zero-order valence-electron chi connectivity index (χ0n) is 9.53. The summed E-state index contributed by atoms with van der Waals surface area (Å²) in [5.41, 5.74) is 0.0463. The summed E-state index contributed by atoms with van der Waals surface area (Å²) in [6.07, 6.45) is -3.65. The maximum atomic E-state index is 12.6. The predicted molar refractivity (Wildman–Crippen MR) is 61.8 cm³/mol. The average molecular weight is 253 g/mol. The van der Waals surface area contributed by atoms with Crippen molar-refractivity contribution in [3.8, 4) is 5.69 Å². The quantitative estimate of drug-likeness (QED) is 0.765. The van der Waals surface area contributed by atoms with E-state index in [4.69, 9.17) is 0 Å². The maximum Gasteiger partial charge on any atom is 0.417 e. The lowest BCUT2D eigenvalue weighted by atomic mass is 10.2. The van der Waals surface area contributed by atoms with Gasteiger partial charge in [-0.2, -0.15) is 13.2 Å². The van der Waals surface area contributed by atoms with Crippen LogP contribution < -0.4 is 5.56 Å². The van der Waals surface area contributed by atoms with Crippen molar-refractivity contribution in [1.29, 1.82) is 0 Å². The molecule has 0 radical (unpaired) electrons. The first-order chi connectivity index (χ1) is 8.38. The third-order valence-electron chi connectivity index (χ3n) is 2.55. The van der Waals surface area contributed by atoms with E-state index in [1.807, 2.05) is 6.92 Å². The molecule has 2 aromatic rings. The van der Waals surface area contributed by atoms with Gasteiger partial charge in [0.25, 0.3) is 5.56 Å². The zero-order chi connectivity index (χ0) is 13.3. The fourth-order valence-electron chi connectivity index (χ4n) is 1.56. The Morgan fingerprint density at radius 2 is 1.61 bits per heavy atom. The number of benzene rings is 1. The van der Waals surface area contributed by atoms with Crippen molar-refractivity contribution in [3.63, 3.8) is 0 Å². The fourth-order valence-corrected chi connectivity index (χ4v) is 1.56. The van der Waals surface area contributed by atoms with Gasteiger partial charge in [-0.05, 0) is 25.1 Å². The van der Waals surface area contributed by atoms with Crippen LogP contribution in [0.15, 0.2) is 47.4 Å². The fraction of sp³-hybridized carbons (Fsp3) is 0.154. The van der Waals surface area contributed by atoms with Crippen LogP contribution in [0, 0.1) is 6.92 Å². The standard InChI is InChI=1S/C13H10F3NO/c1-9-2-5-11(6-3-9)17-8-10(13(14,15)16)4-7-12(17)18/h2-8H,1H3. The Hall–Kier alpha value is -2.04. The second kappa shape index (κ2) is 4.33. The predicted octanol–water partition coefficient (Wildman–Crippen LogP) is 3.16. The van der Waals surface area contributed by atoms with Crippen molar-refractivity contribution in [2.45, 2.75) is 13.1 Å². The van der Waals surface area contributed by atoms with E-state index in [2.05, 4.69) is 0 Å². The van der Waals surface area contributed by atoms with Gasteiger partial charge in [0.15, 0.2) is 0 Å². The molecule has 1 heterocycles. The highest BCUT2D eigenvalue weighted by atomic mass is 19.4. The summed E-state index contributed by atoms with van der Waals surface area (Å²) in [5.74, 6) is 0. The van der Waals surface area contributed by atoms with Crippen LogP contribution in [0.2, 0.25) is 0 Å². The number of hydrogen-bond donors (Lipinski definition) is 0. The molecule has 0 spiro atoms. The minimum atomic E-state index is -4.46. The molecule has 0 bridgehead atoms. The SMILES string of the molecule is Cc1ccc(-n2cc(C(F)(F)F)ccc2=O)cc1. The molecule has 18 heavy (non-hydrogen) atoms. The van der Waals surface area contributed by atoms with Crippen molar-refractivity contribution >= 4 is 0 Å². The molecule has 0 aliphatic rings. The first-order valence-electron chi connectivity index (χ1n) is 5.25. The van der Waals surface area contributed by atoms with E-state index < -0.39 is 17.3 Å². The highest BCUT2D eigenvalue weighted by Crippen LogP contribution is 2.28. The van der Waals surface area contributed by atoms with Crippen LogP contribution in [0.5, 0.6) is 0 Å². The second-order valence-corrected chi connectivity index (χ2v) is 3.96. The van der Waals surface area contributed by atoms with Crippen molar-refractivity contribution in [1.82, 2.24) is 4.57 Å². The van der Waals surface area contributed by atoms with Crippen molar-refractivity contribution in [2.75, 3.05) is 0 Å². The highest BCUT2D eigenvalue weighted by Gasteiger charge is 2.31. The smallest absolute Gasteiger partial charge is 0.284 e. The van der Waals surface area contributed by atoms with Gasteiger partial charge in [-0.25, -0.2) is 0 Å². The van der Waals surface area contributed by atoms with Crippen LogP contribution in [0.1, 0.15) is 11.1 Å². The molecule has 5 heteroatoms. The van der Waals surface area contributed by atoms with Gasteiger partial charge in [-0.15, -0.1) is 0 Å². The molecule has 0 aliphatic carbocycles. The second-order valence-electron chi connectivity index (χ2n) is 3.96. The summed E-state index contributed by atoms with van der Waals surface area (Å²) in [4.78, 5) is 11.6. The first kappa shape index (κ1) is 12.4. The maximum absolute atomic E-state index is 12.6. The van der Waals surface area contributed by atoms with E-state index in [1.165, 1.54) is 0 Å². The van der Waals surface area contributed by atoms with Gasteiger partial charge in [0.05, 0.1) is 5.56 Å². The monoisotopic (exact) mass is 253 g/mol. The van der Waals surface area contributed by atoms with E-state index in [0.717, 1.165) is 28.5 Å². The van der Waals surface area contributed by atoms with E-state index in [1.54, 1.807) is 24.3 Å². The summed E-state index contributed by atoms with van der Waals surface area (Å²) < 4.78 is 38.7. The summed E-state index contributed by atoms with van der Waals surface area (Å²) in [5, 5.41) is 0. The third kappa shape index (κ3) is 2.45. The molecule has 0 amide bonds. The van der Waals surface area contributed by atoms with Gasteiger partial charge in [-0.1, -0.05) is 17.7 Å². The molecule has 0 fully saturated rings. The largest absolute Gasteiger partial charge is 0.417 e. The number of rotatable bonds is 1. The van der Waals surface area contributed by atoms with Gasteiger partial charge >= 0.3 is 6.18 Å². The number of halogens is 3. The molecule has 0 N–H and O–H groups in total. The van der Waals surface area contributed by atoms with Crippen LogP contribution in [0.25, 0.3) is 5.69 Å². The molecule has 1 aromatic carbocycles. The highest BCUT2D eigenvalue weighted by molar-refractivity contribution is 5.35. The van der Waals surface area contributed by atoms with Crippen molar-refractivity contribution in [2.24, 2.45) is 0 Å². The van der Waals surface area contributed by atoms with Crippen LogP contribution in [-0.4, -0.2) is 4.57 Å². The molecule has 94 valence electrons. The van der Waals surface area contributed by atoms with Crippen molar-refractivity contribution < 1.29 is 13.2 Å². The lowest BCUT2D eigenvalue weighted by Crippen LogP contribution is -2.19. The Kier molecular flexibility index (Phi) is 2.98. The number of pyridine rings is 1. The number of aromatic nitrogens is 1. The van der Waals surface area contributed by atoms with Gasteiger partial charge < -0.3 is 0 Å². The molecule has 2 rings (SSSR count). The summed E-state index contributed by atoms with van der Waals surface area (Å²) in [7, 11) is 0. The Morgan fingerprint density at radius 3 is 2.17 bits per heavy atom. The number of hydrogen-bond acceptors (Lipinski definition) is 1. The van der Waals surface area contributed by atoms with Crippen LogP contribution in [0.3, 0.4) is 0 Å². The molecular formula is C13H10F3NO. The summed E-state index contributed by atoms with van der Waals surface area (Å²) in [6.45, 7) is 1.86. The Bertz CT molecular complexity index is 611. The van der Waals surface area contributed by atoms with Gasteiger partial charge in [0, 0.05) is 18.0 Å². The summed E-state index contributed by atoms with van der Waals surface area (Å²) in [6, 6.07) is 8.40. The number of nitrogens with zero attached hydrogens (tertiary/aromatic N) is 1. The summed E-state index contributed by atoms with van der Waals surface area (Å²) >= 11 is 0. The van der Waals surface area contributed by atoms with Gasteiger partial charge in [0.2, 0.25) is 0 Å². The molecular weight excluding hydrogens is 243 g/mol. The molecule has 0 saturated heterocycles. The first-order valence-corrected chi connectivity index (χ1v) is 5.25. The van der Waals surface area contributed by atoms with E-state index in [0.29, 0.717) is 5.69 Å². The molecule has 0 unspecified atom stereocenters. The van der Waals surface area contributed by atoms with Gasteiger partial charge in [0.1, 0.15) is 0 Å². The number of alkyl halides is 3. The molecule has 0 saturated carbocycles. The lowest BCUT2D eigenvalue weighted by molar-refractivity contribution is -0.138. The van der Waals surface area contributed by atoms with Crippen LogP contribution in [0.4, 0.5) is 13.2 Å². The minimum absolute atomic E-state index is 0.414. The van der Waals surface area contributed by atoms with Crippen LogP contribution in [-0.2, 0) is 6.18 Å². The molecule has 2 nitrogen and oxygen atoms in total. The topological polar surface area (TPSA) is 22.0 Å².